The Bertz CT molecular complexity index is 1240. The highest BCUT2D eigenvalue weighted by Crippen LogP contribution is 2.28. The number of carbonyl (C=O) groups excluding carboxylic acids is 1. The predicted molar refractivity (Wildman–Crippen MR) is 133 cm³/mol. The van der Waals surface area contributed by atoms with E-state index in [1.165, 1.54) is 17.5 Å². The molecule has 168 valence electrons. The molecule has 0 N–H and O–H groups in total. The molecule has 2 aromatic carbocycles. The van der Waals surface area contributed by atoms with Crippen LogP contribution < -0.4 is 0 Å². The van der Waals surface area contributed by atoms with Crippen molar-refractivity contribution in [3.05, 3.63) is 89.7 Å². The fourth-order valence-electron chi connectivity index (χ4n) is 4.42. The topological polar surface area (TPSA) is 51.0 Å². The van der Waals surface area contributed by atoms with Gasteiger partial charge in [-0.3, -0.25) is 9.78 Å². The van der Waals surface area contributed by atoms with Crippen molar-refractivity contribution in [2.45, 2.75) is 37.2 Å². The van der Waals surface area contributed by atoms with Crippen molar-refractivity contribution in [3.63, 3.8) is 0 Å². The number of amides is 1. The molecule has 1 aliphatic heterocycles. The number of nitrogens with zero attached hydrogens (tertiary/aromatic N) is 4. The lowest BCUT2D eigenvalue weighted by molar-refractivity contribution is 0.0683. The minimum Gasteiger partial charge on any atom is -0.338 e. The second-order valence-electron chi connectivity index (χ2n) is 8.81. The fraction of sp³-hybridized carbons (Fsp3) is 0.296. The van der Waals surface area contributed by atoms with E-state index in [0.29, 0.717) is 5.92 Å². The molecule has 2 aromatic heterocycles. The van der Waals surface area contributed by atoms with Gasteiger partial charge in [0.25, 0.3) is 5.91 Å². The summed E-state index contributed by atoms with van der Waals surface area (Å²) in [5, 5.41) is 0.976. The Morgan fingerprint density at radius 3 is 2.67 bits per heavy atom. The molecule has 0 bridgehead atoms. The van der Waals surface area contributed by atoms with E-state index in [0.717, 1.165) is 53.6 Å². The van der Waals surface area contributed by atoms with Crippen LogP contribution in [0.15, 0.2) is 78.2 Å². The molecule has 0 unspecified atom stereocenters. The SMILES string of the molecule is C[C@H]1CCCN(C(=O)c2ccc(CSc3nc4ccncc4n3Cc3ccccc3)cc2)C1. The monoisotopic (exact) mass is 456 g/mol. The number of imidazole rings is 1. The molecule has 5 rings (SSSR count). The van der Waals surface area contributed by atoms with Crippen molar-refractivity contribution in [3.8, 4) is 0 Å². The molecular formula is C27H28N4OS. The first-order valence-electron chi connectivity index (χ1n) is 11.5. The van der Waals surface area contributed by atoms with Crippen LogP contribution in [0.25, 0.3) is 11.0 Å². The minimum atomic E-state index is 0.151. The molecule has 5 nitrogen and oxygen atoms in total. The number of likely N-dealkylation sites (tertiary alicyclic amines) is 1. The van der Waals surface area contributed by atoms with E-state index in [4.69, 9.17) is 4.98 Å². The second-order valence-corrected chi connectivity index (χ2v) is 9.76. The van der Waals surface area contributed by atoms with E-state index in [1.807, 2.05) is 35.4 Å². The zero-order valence-electron chi connectivity index (χ0n) is 18.9. The van der Waals surface area contributed by atoms with Gasteiger partial charge in [0.15, 0.2) is 5.16 Å². The van der Waals surface area contributed by atoms with Crippen molar-refractivity contribution < 1.29 is 4.79 Å². The average molecular weight is 457 g/mol. The van der Waals surface area contributed by atoms with Gasteiger partial charge in [0, 0.05) is 30.6 Å². The summed E-state index contributed by atoms with van der Waals surface area (Å²) in [5.41, 5.74) is 5.19. The first kappa shape index (κ1) is 21.7. The van der Waals surface area contributed by atoms with Crippen LogP contribution in [0.5, 0.6) is 0 Å². The zero-order valence-corrected chi connectivity index (χ0v) is 19.7. The van der Waals surface area contributed by atoms with Gasteiger partial charge in [-0.2, -0.15) is 0 Å². The fourth-order valence-corrected chi connectivity index (χ4v) is 5.39. The Kier molecular flexibility index (Phi) is 6.44. The Morgan fingerprint density at radius 1 is 1.06 bits per heavy atom. The summed E-state index contributed by atoms with van der Waals surface area (Å²) in [4.78, 5) is 24.0. The molecule has 0 spiro atoms. The van der Waals surface area contributed by atoms with E-state index in [9.17, 15) is 4.79 Å². The summed E-state index contributed by atoms with van der Waals surface area (Å²) in [6, 6.07) is 20.5. The molecule has 6 heteroatoms. The van der Waals surface area contributed by atoms with Crippen LogP contribution in [0.3, 0.4) is 0 Å². The molecule has 4 aromatic rings. The van der Waals surface area contributed by atoms with E-state index in [2.05, 4.69) is 52.9 Å². The number of rotatable bonds is 6. The Balaban J connectivity index is 1.30. The maximum Gasteiger partial charge on any atom is 0.253 e. The highest BCUT2D eigenvalue weighted by Gasteiger charge is 2.22. The number of piperidine rings is 1. The maximum atomic E-state index is 12.9. The summed E-state index contributed by atoms with van der Waals surface area (Å²) in [6.07, 6.45) is 5.98. The van der Waals surface area contributed by atoms with Crippen LogP contribution in [-0.4, -0.2) is 38.4 Å². The van der Waals surface area contributed by atoms with Crippen LogP contribution in [0.1, 0.15) is 41.3 Å². The molecule has 1 saturated heterocycles. The number of carbonyl (C=O) groups is 1. The highest BCUT2D eigenvalue weighted by molar-refractivity contribution is 7.98. The summed E-state index contributed by atoms with van der Waals surface area (Å²) >= 11 is 1.72. The third-order valence-electron chi connectivity index (χ3n) is 6.21. The molecule has 0 radical (unpaired) electrons. The third kappa shape index (κ3) is 4.96. The lowest BCUT2D eigenvalue weighted by Gasteiger charge is -2.31. The van der Waals surface area contributed by atoms with Gasteiger partial charge >= 0.3 is 0 Å². The lowest BCUT2D eigenvalue weighted by atomic mass is 9.99. The highest BCUT2D eigenvalue weighted by atomic mass is 32.2. The number of thioether (sulfide) groups is 1. The van der Waals surface area contributed by atoms with Gasteiger partial charge in [0.1, 0.15) is 0 Å². The van der Waals surface area contributed by atoms with E-state index >= 15 is 0 Å². The zero-order chi connectivity index (χ0) is 22.6. The molecule has 1 amide bonds. The predicted octanol–water partition coefficient (Wildman–Crippen LogP) is 5.64. The van der Waals surface area contributed by atoms with Gasteiger partial charge < -0.3 is 9.47 Å². The normalized spacial score (nSPS) is 16.3. The van der Waals surface area contributed by atoms with Crippen molar-refractivity contribution in [1.29, 1.82) is 0 Å². The van der Waals surface area contributed by atoms with Gasteiger partial charge in [0.05, 0.1) is 23.8 Å². The number of pyridine rings is 1. The Morgan fingerprint density at radius 2 is 1.88 bits per heavy atom. The van der Waals surface area contributed by atoms with Crippen molar-refractivity contribution >= 4 is 28.7 Å². The largest absolute Gasteiger partial charge is 0.338 e. The number of hydrogen-bond donors (Lipinski definition) is 0. The number of aromatic nitrogens is 3. The smallest absolute Gasteiger partial charge is 0.253 e. The Hall–Kier alpha value is -3.12. The number of benzene rings is 2. The van der Waals surface area contributed by atoms with Gasteiger partial charge in [-0.25, -0.2) is 4.98 Å². The first-order valence-corrected chi connectivity index (χ1v) is 12.5. The molecule has 1 fully saturated rings. The second kappa shape index (κ2) is 9.79. The molecule has 1 atom stereocenters. The average Bonchev–Trinajstić information content (AvgIpc) is 3.20. The van der Waals surface area contributed by atoms with Gasteiger partial charge in [-0.1, -0.05) is 61.2 Å². The molecule has 0 aliphatic carbocycles. The first-order chi connectivity index (χ1) is 16.2. The van der Waals surface area contributed by atoms with Gasteiger partial charge in [0.2, 0.25) is 0 Å². The standard InChI is InChI=1S/C27H28N4OS/c1-20-6-5-15-30(17-20)26(32)23-11-9-22(10-12-23)19-33-27-29-24-13-14-28-16-25(24)31(27)18-21-7-3-2-4-8-21/h2-4,7-14,16,20H,5-6,15,17-19H2,1H3/t20-/m0/s1. The van der Waals surface area contributed by atoms with Crippen LogP contribution in [0.4, 0.5) is 0 Å². The van der Waals surface area contributed by atoms with Crippen molar-refractivity contribution in [2.24, 2.45) is 5.92 Å². The van der Waals surface area contributed by atoms with Crippen LogP contribution in [0, 0.1) is 5.92 Å². The van der Waals surface area contributed by atoms with E-state index in [1.54, 1.807) is 18.0 Å². The summed E-state index contributed by atoms with van der Waals surface area (Å²) in [7, 11) is 0. The molecular weight excluding hydrogens is 428 g/mol. The van der Waals surface area contributed by atoms with Gasteiger partial charge in [-0.15, -0.1) is 0 Å². The molecule has 0 saturated carbocycles. The van der Waals surface area contributed by atoms with E-state index in [-0.39, 0.29) is 5.91 Å². The summed E-state index contributed by atoms with van der Waals surface area (Å²) < 4.78 is 2.23. The number of hydrogen-bond acceptors (Lipinski definition) is 4. The summed E-state index contributed by atoms with van der Waals surface area (Å²) in [5.74, 6) is 1.53. The molecule has 1 aliphatic rings. The minimum absolute atomic E-state index is 0.151. The van der Waals surface area contributed by atoms with Crippen LogP contribution in [-0.2, 0) is 12.3 Å². The van der Waals surface area contributed by atoms with Gasteiger partial charge in [-0.05, 0) is 48.1 Å². The Labute approximate surface area is 198 Å². The van der Waals surface area contributed by atoms with Crippen molar-refractivity contribution in [1.82, 2.24) is 19.4 Å². The van der Waals surface area contributed by atoms with E-state index < -0.39 is 0 Å². The van der Waals surface area contributed by atoms with Crippen LogP contribution in [0.2, 0.25) is 0 Å². The van der Waals surface area contributed by atoms with Crippen LogP contribution >= 0.6 is 11.8 Å². The van der Waals surface area contributed by atoms with Crippen molar-refractivity contribution in [2.75, 3.05) is 13.1 Å². The number of fused-ring (bicyclic) bond motifs is 1. The molecule has 3 heterocycles. The lowest BCUT2D eigenvalue weighted by Crippen LogP contribution is -2.39. The molecule has 33 heavy (non-hydrogen) atoms. The summed E-state index contributed by atoms with van der Waals surface area (Å²) in [6.45, 7) is 4.71. The quantitative estimate of drug-likeness (QED) is 0.352. The third-order valence-corrected chi connectivity index (χ3v) is 7.26. The maximum absolute atomic E-state index is 12.9.